The fourth-order valence-electron chi connectivity index (χ4n) is 3.39. The van der Waals surface area contributed by atoms with Gasteiger partial charge in [-0.25, -0.2) is 0 Å². The van der Waals surface area contributed by atoms with Crippen molar-refractivity contribution in [3.05, 3.63) is 47.0 Å². The van der Waals surface area contributed by atoms with Gasteiger partial charge >= 0.3 is 0 Å². The first-order valence-electron chi connectivity index (χ1n) is 9.23. The fraction of sp³-hybridized carbons (Fsp3) is 0.238. The molecule has 10 heteroatoms. The van der Waals surface area contributed by atoms with Crippen molar-refractivity contribution in [3.63, 3.8) is 0 Å². The highest BCUT2D eigenvalue weighted by molar-refractivity contribution is 7.98. The number of rotatable bonds is 4. The van der Waals surface area contributed by atoms with Crippen LogP contribution in [0.1, 0.15) is 18.7 Å². The quantitative estimate of drug-likeness (QED) is 0.532. The number of aromatic nitrogens is 3. The standard InChI is InChI=1S/C21H19ClN4O4S/c1-11(27)26-16-8-5-12(22)9-15(16)18-19(23-21(31-4)25-24-18)30-20(26)14-7-6-13(28-2)10-17(14)29-3/h5-10,20H,1-4H3/t20-/m1/s1. The van der Waals surface area contributed by atoms with Crippen LogP contribution in [0.3, 0.4) is 0 Å². The molecule has 0 aliphatic carbocycles. The molecule has 0 saturated heterocycles. The molecule has 8 nitrogen and oxygen atoms in total. The van der Waals surface area contributed by atoms with Crippen LogP contribution in [0, 0.1) is 0 Å². The highest BCUT2D eigenvalue weighted by Crippen LogP contribution is 2.46. The van der Waals surface area contributed by atoms with Gasteiger partial charge in [-0.2, -0.15) is 4.98 Å². The number of carbonyl (C=O) groups excluding carboxylic acids is 1. The van der Waals surface area contributed by atoms with Crippen LogP contribution in [-0.2, 0) is 4.79 Å². The number of fused-ring (bicyclic) bond motifs is 3. The van der Waals surface area contributed by atoms with Crippen LogP contribution in [0.2, 0.25) is 5.02 Å². The maximum absolute atomic E-state index is 12.9. The summed E-state index contributed by atoms with van der Waals surface area (Å²) >= 11 is 7.60. The Hall–Kier alpha value is -3.04. The zero-order chi connectivity index (χ0) is 22.1. The van der Waals surface area contributed by atoms with E-state index in [1.807, 2.05) is 6.26 Å². The summed E-state index contributed by atoms with van der Waals surface area (Å²) in [5.74, 6) is 1.12. The van der Waals surface area contributed by atoms with Gasteiger partial charge in [0.05, 0.1) is 25.5 Å². The molecule has 1 aliphatic heterocycles. The Kier molecular flexibility index (Phi) is 5.88. The van der Waals surface area contributed by atoms with Crippen LogP contribution in [0.25, 0.3) is 11.3 Å². The zero-order valence-corrected chi connectivity index (χ0v) is 18.8. The Morgan fingerprint density at radius 1 is 1.16 bits per heavy atom. The second-order valence-corrected chi connectivity index (χ2v) is 7.79. The van der Waals surface area contributed by atoms with Crippen LogP contribution in [0.4, 0.5) is 5.69 Å². The van der Waals surface area contributed by atoms with Crippen LogP contribution < -0.4 is 19.1 Å². The Bertz CT molecular complexity index is 1160. The van der Waals surface area contributed by atoms with E-state index in [-0.39, 0.29) is 11.8 Å². The summed E-state index contributed by atoms with van der Waals surface area (Å²) in [5, 5.41) is 9.39. The Morgan fingerprint density at radius 3 is 2.65 bits per heavy atom. The molecule has 2 aromatic carbocycles. The third-order valence-corrected chi connectivity index (χ3v) is 5.57. The average Bonchev–Trinajstić information content (AvgIpc) is 2.92. The molecule has 160 valence electrons. The van der Waals surface area contributed by atoms with E-state index in [0.717, 1.165) is 0 Å². The number of hydrogen-bond acceptors (Lipinski definition) is 8. The number of hydrogen-bond donors (Lipinski definition) is 0. The molecule has 1 aliphatic rings. The van der Waals surface area contributed by atoms with Gasteiger partial charge in [0.25, 0.3) is 0 Å². The first kappa shape index (κ1) is 21.2. The first-order chi connectivity index (χ1) is 15.0. The topological polar surface area (TPSA) is 86.7 Å². The third kappa shape index (κ3) is 3.86. The summed E-state index contributed by atoms with van der Waals surface area (Å²) in [6.45, 7) is 1.47. The summed E-state index contributed by atoms with van der Waals surface area (Å²) in [4.78, 5) is 18.9. The molecule has 0 spiro atoms. The minimum atomic E-state index is -0.870. The molecular weight excluding hydrogens is 440 g/mol. The van der Waals surface area contributed by atoms with Crippen molar-refractivity contribution < 1.29 is 19.0 Å². The highest BCUT2D eigenvalue weighted by atomic mass is 35.5. The van der Waals surface area contributed by atoms with E-state index in [0.29, 0.717) is 44.2 Å². The van der Waals surface area contributed by atoms with Crippen LogP contribution in [0.5, 0.6) is 17.4 Å². The maximum Gasteiger partial charge on any atom is 0.247 e. The smallest absolute Gasteiger partial charge is 0.247 e. The van der Waals surface area contributed by atoms with E-state index in [1.165, 1.54) is 23.6 Å². The number of nitrogens with zero attached hydrogens (tertiary/aromatic N) is 4. The average molecular weight is 459 g/mol. The molecule has 0 fully saturated rings. The third-order valence-electron chi connectivity index (χ3n) is 4.79. The number of thioether (sulfide) groups is 1. The summed E-state index contributed by atoms with van der Waals surface area (Å²) in [5.41, 5.74) is 2.19. The minimum Gasteiger partial charge on any atom is -0.497 e. The van der Waals surface area contributed by atoms with E-state index >= 15 is 0 Å². The molecule has 4 rings (SSSR count). The molecule has 1 atom stereocenters. The molecular formula is C21H19ClN4O4S. The molecule has 0 N–H and O–H groups in total. The minimum absolute atomic E-state index is 0.239. The van der Waals surface area contributed by atoms with E-state index in [1.54, 1.807) is 50.6 Å². The lowest BCUT2D eigenvalue weighted by Gasteiger charge is -2.30. The number of halogens is 1. The molecule has 0 unspecified atom stereocenters. The Balaban J connectivity index is 2.00. The van der Waals surface area contributed by atoms with Gasteiger partial charge in [0.1, 0.15) is 11.5 Å². The summed E-state index contributed by atoms with van der Waals surface area (Å²) in [7, 11) is 3.12. The molecule has 0 bridgehead atoms. The van der Waals surface area contributed by atoms with E-state index in [2.05, 4.69) is 15.2 Å². The number of carbonyl (C=O) groups is 1. The van der Waals surface area contributed by atoms with Crippen molar-refractivity contribution in [1.29, 1.82) is 0 Å². The number of benzene rings is 2. The van der Waals surface area contributed by atoms with Crippen molar-refractivity contribution in [3.8, 4) is 28.6 Å². The second kappa shape index (κ2) is 8.60. The Morgan fingerprint density at radius 2 is 1.97 bits per heavy atom. The largest absolute Gasteiger partial charge is 0.497 e. The highest BCUT2D eigenvalue weighted by Gasteiger charge is 2.36. The lowest BCUT2D eigenvalue weighted by atomic mass is 10.1. The molecule has 3 aromatic rings. The lowest BCUT2D eigenvalue weighted by molar-refractivity contribution is -0.118. The van der Waals surface area contributed by atoms with E-state index in [9.17, 15) is 4.79 Å². The van der Waals surface area contributed by atoms with Gasteiger partial charge in [-0.15, -0.1) is 10.2 Å². The number of anilines is 1. The van der Waals surface area contributed by atoms with Crippen molar-refractivity contribution in [1.82, 2.24) is 15.2 Å². The maximum atomic E-state index is 12.9. The Labute approximate surface area is 188 Å². The molecule has 1 aromatic heterocycles. The first-order valence-corrected chi connectivity index (χ1v) is 10.8. The molecule has 0 saturated carbocycles. The number of amides is 1. The van der Waals surface area contributed by atoms with Gasteiger partial charge in [-0.05, 0) is 36.6 Å². The van der Waals surface area contributed by atoms with Gasteiger partial charge in [0, 0.05) is 23.6 Å². The van der Waals surface area contributed by atoms with E-state index < -0.39 is 6.23 Å². The lowest BCUT2D eigenvalue weighted by Crippen LogP contribution is -2.36. The zero-order valence-electron chi connectivity index (χ0n) is 17.2. The molecule has 31 heavy (non-hydrogen) atoms. The predicted molar refractivity (Wildman–Crippen MR) is 118 cm³/mol. The summed E-state index contributed by atoms with van der Waals surface area (Å²) in [6, 6.07) is 10.5. The monoisotopic (exact) mass is 458 g/mol. The van der Waals surface area contributed by atoms with Crippen molar-refractivity contribution in [2.75, 3.05) is 25.4 Å². The van der Waals surface area contributed by atoms with Crippen LogP contribution >= 0.6 is 23.4 Å². The van der Waals surface area contributed by atoms with Crippen LogP contribution in [-0.4, -0.2) is 41.6 Å². The molecule has 2 heterocycles. The summed E-state index contributed by atoms with van der Waals surface area (Å²) < 4.78 is 17.2. The van der Waals surface area contributed by atoms with E-state index in [4.69, 9.17) is 25.8 Å². The van der Waals surface area contributed by atoms with Gasteiger partial charge in [-0.3, -0.25) is 9.69 Å². The number of methoxy groups -OCH3 is 2. The SMILES string of the molecule is COc1ccc([C@H]2Oc3nc(SC)nnc3-c3cc(Cl)ccc3N2C(C)=O)c(OC)c1. The van der Waals surface area contributed by atoms with Crippen molar-refractivity contribution in [2.45, 2.75) is 18.3 Å². The van der Waals surface area contributed by atoms with Crippen molar-refractivity contribution >= 4 is 35.0 Å². The van der Waals surface area contributed by atoms with Gasteiger partial charge in [0.15, 0.2) is 5.69 Å². The van der Waals surface area contributed by atoms with Crippen molar-refractivity contribution in [2.24, 2.45) is 0 Å². The normalized spacial score (nSPS) is 14.7. The van der Waals surface area contributed by atoms with Gasteiger partial charge in [-0.1, -0.05) is 23.4 Å². The predicted octanol–water partition coefficient (Wildman–Crippen LogP) is 4.38. The number of ether oxygens (including phenoxy) is 3. The van der Waals surface area contributed by atoms with Gasteiger partial charge in [0.2, 0.25) is 23.2 Å². The summed E-state index contributed by atoms with van der Waals surface area (Å²) in [6.07, 6.45) is 0.975. The fourth-order valence-corrected chi connectivity index (χ4v) is 3.86. The van der Waals surface area contributed by atoms with Gasteiger partial charge < -0.3 is 14.2 Å². The molecule has 1 amide bonds. The molecule has 0 radical (unpaired) electrons. The van der Waals surface area contributed by atoms with Crippen LogP contribution in [0.15, 0.2) is 41.6 Å². The second-order valence-electron chi connectivity index (χ2n) is 6.58.